The van der Waals surface area contributed by atoms with Crippen molar-refractivity contribution < 1.29 is 9.84 Å². The number of para-hydroxylation sites is 1. The molecule has 0 saturated heterocycles. The Kier molecular flexibility index (Phi) is 5.90. The van der Waals surface area contributed by atoms with Crippen molar-refractivity contribution in [1.82, 2.24) is 0 Å². The van der Waals surface area contributed by atoms with Gasteiger partial charge >= 0.3 is 0 Å². The van der Waals surface area contributed by atoms with Crippen LogP contribution in [0.3, 0.4) is 0 Å². The summed E-state index contributed by atoms with van der Waals surface area (Å²) in [4.78, 5) is 0. The molecule has 2 nitrogen and oxygen atoms in total. The van der Waals surface area contributed by atoms with Crippen molar-refractivity contribution in [2.75, 3.05) is 0 Å². The Morgan fingerprint density at radius 3 is 2.60 bits per heavy atom. The van der Waals surface area contributed by atoms with E-state index >= 15 is 0 Å². The lowest BCUT2D eigenvalue weighted by Gasteiger charge is -2.25. The van der Waals surface area contributed by atoms with Crippen molar-refractivity contribution in [3.8, 4) is 5.75 Å². The van der Waals surface area contributed by atoms with E-state index < -0.39 is 0 Å². The second-order valence-electron chi connectivity index (χ2n) is 6.13. The van der Waals surface area contributed by atoms with E-state index in [2.05, 4.69) is 6.92 Å². The molecule has 112 valence electrons. The third-order valence-electron chi connectivity index (χ3n) is 4.55. The quantitative estimate of drug-likeness (QED) is 0.795. The molecule has 1 aliphatic rings. The van der Waals surface area contributed by atoms with Gasteiger partial charge in [-0.2, -0.15) is 0 Å². The molecule has 2 heteroatoms. The minimum atomic E-state index is -0.347. The van der Waals surface area contributed by atoms with Crippen molar-refractivity contribution in [1.29, 1.82) is 0 Å². The SMILES string of the molecule is CCC(Oc1ccccc1C)C(O)CCC1CCCC1. The fourth-order valence-electron chi connectivity index (χ4n) is 3.18. The molecule has 0 heterocycles. The molecule has 0 aromatic heterocycles. The third kappa shape index (κ3) is 4.24. The summed E-state index contributed by atoms with van der Waals surface area (Å²) < 4.78 is 6.02. The van der Waals surface area contributed by atoms with Crippen LogP contribution in [0.5, 0.6) is 5.75 Å². The lowest BCUT2D eigenvalue weighted by atomic mass is 9.97. The predicted octanol–water partition coefficient (Wildman–Crippen LogP) is 4.48. The Balaban J connectivity index is 1.85. The highest BCUT2D eigenvalue weighted by atomic mass is 16.5. The van der Waals surface area contributed by atoms with Crippen LogP contribution in [-0.2, 0) is 0 Å². The molecule has 1 N–H and O–H groups in total. The first kappa shape index (κ1) is 15.4. The van der Waals surface area contributed by atoms with Crippen LogP contribution in [0, 0.1) is 12.8 Å². The van der Waals surface area contributed by atoms with Gasteiger partial charge in [-0.1, -0.05) is 50.8 Å². The van der Waals surface area contributed by atoms with Crippen LogP contribution in [0.2, 0.25) is 0 Å². The Morgan fingerprint density at radius 1 is 1.25 bits per heavy atom. The predicted molar refractivity (Wildman–Crippen MR) is 83.1 cm³/mol. The van der Waals surface area contributed by atoms with E-state index in [1.165, 1.54) is 25.7 Å². The van der Waals surface area contributed by atoms with Crippen molar-refractivity contribution in [2.24, 2.45) is 5.92 Å². The van der Waals surface area contributed by atoms with E-state index in [1.807, 2.05) is 31.2 Å². The number of ether oxygens (including phenoxy) is 1. The summed E-state index contributed by atoms with van der Waals surface area (Å²) in [6.45, 7) is 4.13. The first-order chi connectivity index (χ1) is 9.70. The minimum absolute atomic E-state index is 0.0856. The molecule has 2 atom stereocenters. The van der Waals surface area contributed by atoms with Crippen molar-refractivity contribution in [2.45, 2.75) is 71.0 Å². The number of rotatable bonds is 7. The fraction of sp³-hybridized carbons (Fsp3) is 0.667. The van der Waals surface area contributed by atoms with Crippen LogP contribution in [0.1, 0.15) is 57.4 Å². The summed E-state index contributed by atoms with van der Waals surface area (Å²) in [5, 5.41) is 10.4. The Morgan fingerprint density at radius 2 is 1.95 bits per heavy atom. The molecule has 20 heavy (non-hydrogen) atoms. The van der Waals surface area contributed by atoms with Crippen LogP contribution in [-0.4, -0.2) is 17.3 Å². The number of aryl methyl sites for hydroxylation is 1. The second kappa shape index (κ2) is 7.68. The topological polar surface area (TPSA) is 29.5 Å². The van der Waals surface area contributed by atoms with Crippen molar-refractivity contribution >= 4 is 0 Å². The first-order valence-electron chi connectivity index (χ1n) is 8.11. The van der Waals surface area contributed by atoms with Crippen molar-refractivity contribution in [3.05, 3.63) is 29.8 Å². The maximum absolute atomic E-state index is 10.4. The van der Waals surface area contributed by atoms with Gasteiger partial charge in [0, 0.05) is 0 Å². The molecule has 0 amide bonds. The zero-order chi connectivity index (χ0) is 14.4. The molecule has 0 aliphatic heterocycles. The number of benzene rings is 1. The molecule has 1 aliphatic carbocycles. The summed E-state index contributed by atoms with van der Waals surface area (Å²) in [6.07, 6.45) is 7.88. The largest absolute Gasteiger partial charge is 0.487 e. The zero-order valence-corrected chi connectivity index (χ0v) is 12.8. The van der Waals surface area contributed by atoms with E-state index in [9.17, 15) is 5.11 Å². The van der Waals surface area contributed by atoms with Gasteiger partial charge in [0.05, 0.1) is 6.10 Å². The molecule has 1 aromatic rings. The molecular formula is C18H28O2. The molecule has 2 unspecified atom stereocenters. The van der Waals surface area contributed by atoms with Gasteiger partial charge < -0.3 is 9.84 Å². The highest BCUT2D eigenvalue weighted by Crippen LogP contribution is 2.30. The molecule has 2 rings (SSSR count). The molecule has 0 bridgehead atoms. The van der Waals surface area contributed by atoms with E-state index in [-0.39, 0.29) is 12.2 Å². The normalized spacial score (nSPS) is 18.9. The van der Waals surface area contributed by atoms with Gasteiger partial charge in [-0.25, -0.2) is 0 Å². The van der Waals surface area contributed by atoms with Crippen LogP contribution in [0.15, 0.2) is 24.3 Å². The standard InChI is InChI=1S/C18H28O2/c1-3-17(20-18-11-7-4-8-14(18)2)16(19)13-12-15-9-5-6-10-15/h4,7-8,11,15-17,19H,3,5-6,9-10,12-13H2,1-2H3. The summed E-state index contributed by atoms with van der Waals surface area (Å²) in [7, 11) is 0. The van der Waals surface area contributed by atoms with Gasteiger partial charge in [-0.05, 0) is 43.7 Å². The third-order valence-corrected chi connectivity index (χ3v) is 4.55. The van der Waals surface area contributed by atoms with Gasteiger partial charge in [0.2, 0.25) is 0 Å². The van der Waals surface area contributed by atoms with Crippen LogP contribution < -0.4 is 4.74 Å². The van der Waals surface area contributed by atoms with E-state index in [0.717, 1.165) is 36.5 Å². The second-order valence-corrected chi connectivity index (χ2v) is 6.13. The zero-order valence-electron chi connectivity index (χ0n) is 12.8. The maximum atomic E-state index is 10.4. The highest BCUT2D eigenvalue weighted by molar-refractivity contribution is 5.32. The average Bonchev–Trinajstić information content (AvgIpc) is 2.97. The number of aliphatic hydroxyl groups is 1. The molecular weight excluding hydrogens is 248 g/mol. The van der Waals surface area contributed by atoms with Gasteiger partial charge in [-0.15, -0.1) is 0 Å². The Hall–Kier alpha value is -1.02. The molecule has 1 aromatic carbocycles. The maximum Gasteiger partial charge on any atom is 0.124 e. The van der Waals surface area contributed by atoms with Crippen molar-refractivity contribution in [3.63, 3.8) is 0 Å². The first-order valence-corrected chi connectivity index (χ1v) is 8.11. The summed E-state index contributed by atoms with van der Waals surface area (Å²) >= 11 is 0. The smallest absolute Gasteiger partial charge is 0.124 e. The van der Waals surface area contributed by atoms with E-state index in [4.69, 9.17) is 4.74 Å². The summed E-state index contributed by atoms with van der Waals surface area (Å²) in [5.41, 5.74) is 1.13. The molecule has 0 spiro atoms. The lowest BCUT2D eigenvalue weighted by Crippen LogP contribution is -2.31. The average molecular weight is 276 g/mol. The Bertz CT molecular complexity index is 396. The van der Waals surface area contributed by atoms with E-state index in [0.29, 0.717) is 0 Å². The van der Waals surface area contributed by atoms with Gasteiger partial charge in [0.15, 0.2) is 0 Å². The van der Waals surface area contributed by atoms with Gasteiger partial charge in [-0.3, -0.25) is 0 Å². The fourth-order valence-corrected chi connectivity index (χ4v) is 3.18. The highest BCUT2D eigenvalue weighted by Gasteiger charge is 2.22. The van der Waals surface area contributed by atoms with Crippen LogP contribution in [0.4, 0.5) is 0 Å². The van der Waals surface area contributed by atoms with E-state index in [1.54, 1.807) is 0 Å². The monoisotopic (exact) mass is 276 g/mol. The summed E-state index contributed by atoms with van der Waals surface area (Å²) in [6, 6.07) is 8.04. The van der Waals surface area contributed by atoms with Gasteiger partial charge in [0.25, 0.3) is 0 Å². The Labute approximate surface area is 123 Å². The van der Waals surface area contributed by atoms with Gasteiger partial charge in [0.1, 0.15) is 11.9 Å². The molecule has 1 fully saturated rings. The lowest BCUT2D eigenvalue weighted by molar-refractivity contribution is 0.0246. The molecule has 0 radical (unpaired) electrons. The molecule has 1 saturated carbocycles. The van der Waals surface area contributed by atoms with Crippen LogP contribution in [0.25, 0.3) is 0 Å². The number of hydrogen-bond acceptors (Lipinski definition) is 2. The number of aliphatic hydroxyl groups excluding tert-OH is 1. The minimum Gasteiger partial charge on any atom is -0.487 e. The summed E-state index contributed by atoms with van der Waals surface area (Å²) in [5.74, 6) is 1.74. The van der Waals surface area contributed by atoms with Crippen LogP contribution >= 0.6 is 0 Å². The number of hydrogen-bond donors (Lipinski definition) is 1.